The van der Waals surface area contributed by atoms with Crippen molar-refractivity contribution in [1.29, 1.82) is 0 Å². The second-order valence-corrected chi connectivity index (χ2v) is 5.99. The van der Waals surface area contributed by atoms with Crippen molar-refractivity contribution >= 4 is 29.2 Å². The lowest BCUT2D eigenvalue weighted by atomic mass is 10.1. The van der Waals surface area contributed by atoms with E-state index in [0.29, 0.717) is 12.1 Å². The van der Waals surface area contributed by atoms with E-state index in [4.69, 9.17) is 16.3 Å². The van der Waals surface area contributed by atoms with Crippen LogP contribution in [0.4, 0.5) is 5.69 Å². The van der Waals surface area contributed by atoms with Crippen molar-refractivity contribution < 1.29 is 14.3 Å². The van der Waals surface area contributed by atoms with Gasteiger partial charge in [0, 0.05) is 12.6 Å². The lowest BCUT2D eigenvalue weighted by molar-refractivity contribution is -0.153. The molecule has 0 saturated carbocycles. The van der Waals surface area contributed by atoms with Gasteiger partial charge in [-0.2, -0.15) is 0 Å². The minimum absolute atomic E-state index is 0.185. The summed E-state index contributed by atoms with van der Waals surface area (Å²) in [5.41, 5.74) is 2.70. The number of benzene rings is 1. The highest BCUT2D eigenvalue weighted by Crippen LogP contribution is 2.18. The quantitative estimate of drug-likeness (QED) is 0.602. The molecule has 6 heteroatoms. The van der Waals surface area contributed by atoms with E-state index in [-0.39, 0.29) is 11.6 Å². The Kier molecular flexibility index (Phi) is 6.95. The Morgan fingerprint density at radius 1 is 1.20 bits per heavy atom. The molecule has 1 aromatic carbocycles. The standard InChI is InChI=1S/C19H21ClN2O3/c1-3-14-6-8-15(9-7-14)10-11-17(23)25-13(2)19(24)22-16-5-4-12-21-18(16)20/h4-9,12-13H,3,10-11H2,1-2H3,(H,22,24)/t13-/m1/s1. The smallest absolute Gasteiger partial charge is 0.306 e. The molecule has 2 rings (SSSR count). The highest BCUT2D eigenvalue weighted by molar-refractivity contribution is 6.32. The Bertz CT molecular complexity index is 732. The number of amides is 1. The zero-order valence-corrected chi connectivity index (χ0v) is 15.0. The molecule has 0 bridgehead atoms. The number of aromatic nitrogens is 1. The van der Waals surface area contributed by atoms with E-state index in [2.05, 4.69) is 17.2 Å². The maximum absolute atomic E-state index is 12.1. The molecule has 0 aliphatic heterocycles. The Morgan fingerprint density at radius 3 is 2.52 bits per heavy atom. The minimum Gasteiger partial charge on any atom is -0.453 e. The van der Waals surface area contributed by atoms with Crippen molar-refractivity contribution in [3.8, 4) is 0 Å². The molecular formula is C19H21ClN2O3. The molecule has 0 saturated heterocycles. The molecule has 25 heavy (non-hydrogen) atoms. The molecular weight excluding hydrogens is 340 g/mol. The van der Waals surface area contributed by atoms with Crippen LogP contribution in [0.5, 0.6) is 0 Å². The summed E-state index contributed by atoms with van der Waals surface area (Å²) in [4.78, 5) is 27.9. The van der Waals surface area contributed by atoms with E-state index in [1.54, 1.807) is 12.1 Å². The first-order valence-corrected chi connectivity index (χ1v) is 8.56. The summed E-state index contributed by atoms with van der Waals surface area (Å²) in [6.07, 6.45) is 2.39. The fraction of sp³-hybridized carbons (Fsp3) is 0.316. The van der Waals surface area contributed by atoms with Gasteiger partial charge in [0.15, 0.2) is 11.3 Å². The number of hydrogen-bond donors (Lipinski definition) is 1. The van der Waals surface area contributed by atoms with Crippen LogP contribution in [0.15, 0.2) is 42.6 Å². The molecule has 1 N–H and O–H groups in total. The van der Waals surface area contributed by atoms with E-state index in [1.807, 2.05) is 24.3 Å². The van der Waals surface area contributed by atoms with Crippen LogP contribution >= 0.6 is 11.6 Å². The zero-order chi connectivity index (χ0) is 18.2. The summed E-state index contributed by atoms with van der Waals surface area (Å²) in [7, 11) is 0. The summed E-state index contributed by atoms with van der Waals surface area (Å²) in [6.45, 7) is 3.62. The van der Waals surface area contributed by atoms with Gasteiger partial charge in [0.1, 0.15) is 0 Å². The Morgan fingerprint density at radius 2 is 1.88 bits per heavy atom. The molecule has 132 valence electrons. The van der Waals surface area contributed by atoms with Gasteiger partial charge in [0.2, 0.25) is 0 Å². The topological polar surface area (TPSA) is 68.3 Å². The third-order valence-corrected chi connectivity index (χ3v) is 4.04. The van der Waals surface area contributed by atoms with Crippen molar-refractivity contribution in [2.45, 2.75) is 39.2 Å². The predicted octanol–water partition coefficient (Wildman–Crippen LogP) is 3.80. The monoisotopic (exact) mass is 360 g/mol. The van der Waals surface area contributed by atoms with E-state index in [1.165, 1.54) is 18.7 Å². The molecule has 0 aliphatic carbocycles. The Labute approximate surface area is 152 Å². The third-order valence-electron chi connectivity index (χ3n) is 3.74. The molecule has 2 aromatic rings. The SMILES string of the molecule is CCc1ccc(CCC(=O)O[C@H](C)C(=O)Nc2cccnc2Cl)cc1. The van der Waals surface area contributed by atoms with Crippen LogP contribution in [0.1, 0.15) is 31.4 Å². The highest BCUT2D eigenvalue weighted by Gasteiger charge is 2.18. The fourth-order valence-corrected chi connectivity index (χ4v) is 2.38. The predicted molar refractivity (Wildman–Crippen MR) is 97.6 cm³/mol. The van der Waals surface area contributed by atoms with Gasteiger partial charge in [-0.15, -0.1) is 0 Å². The van der Waals surface area contributed by atoms with Gasteiger partial charge < -0.3 is 10.1 Å². The van der Waals surface area contributed by atoms with Crippen LogP contribution in [0, 0.1) is 0 Å². The summed E-state index contributed by atoms with van der Waals surface area (Å²) < 4.78 is 5.18. The molecule has 1 heterocycles. The average Bonchev–Trinajstić information content (AvgIpc) is 2.62. The Balaban J connectivity index is 1.80. The average molecular weight is 361 g/mol. The molecule has 0 radical (unpaired) electrons. The summed E-state index contributed by atoms with van der Waals surface area (Å²) in [6, 6.07) is 11.4. The molecule has 0 spiro atoms. The van der Waals surface area contributed by atoms with Crippen LogP contribution < -0.4 is 5.32 Å². The number of nitrogens with zero attached hydrogens (tertiary/aromatic N) is 1. The maximum Gasteiger partial charge on any atom is 0.306 e. The molecule has 0 aliphatic rings. The van der Waals surface area contributed by atoms with E-state index in [9.17, 15) is 9.59 Å². The van der Waals surface area contributed by atoms with E-state index >= 15 is 0 Å². The highest BCUT2D eigenvalue weighted by atomic mass is 35.5. The number of esters is 1. The van der Waals surface area contributed by atoms with Crippen molar-refractivity contribution in [3.05, 3.63) is 58.9 Å². The van der Waals surface area contributed by atoms with E-state index in [0.717, 1.165) is 12.0 Å². The van der Waals surface area contributed by atoms with Gasteiger partial charge in [-0.25, -0.2) is 4.98 Å². The lowest BCUT2D eigenvalue weighted by Gasteiger charge is -2.14. The van der Waals surface area contributed by atoms with Crippen LogP contribution in [-0.2, 0) is 27.2 Å². The van der Waals surface area contributed by atoms with E-state index < -0.39 is 18.0 Å². The summed E-state index contributed by atoms with van der Waals surface area (Å²) in [5, 5.41) is 2.78. The van der Waals surface area contributed by atoms with Crippen LogP contribution in [0.3, 0.4) is 0 Å². The summed E-state index contributed by atoms with van der Waals surface area (Å²) in [5.74, 6) is -0.866. The third kappa shape index (κ3) is 5.87. The first kappa shape index (κ1) is 18.9. The number of carbonyl (C=O) groups is 2. The van der Waals surface area contributed by atoms with Crippen LogP contribution in [0.2, 0.25) is 5.15 Å². The number of nitrogens with one attached hydrogen (secondary N) is 1. The van der Waals surface area contributed by atoms with Crippen molar-refractivity contribution in [2.24, 2.45) is 0 Å². The number of ether oxygens (including phenoxy) is 1. The van der Waals surface area contributed by atoms with Gasteiger partial charge in [-0.3, -0.25) is 9.59 Å². The van der Waals surface area contributed by atoms with Crippen molar-refractivity contribution in [3.63, 3.8) is 0 Å². The lowest BCUT2D eigenvalue weighted by Crippen LogP contribution is -2.30. The number of anilines is 1. The first-order valence-electron chi connectivity index (χ1n) is 8.18. The second kappa shape index (κ2) is 9.18. The summed E-state index contributed by atoms with van der Waals surface area (Å²) >= 11 is 5.88. The normalized spacial score (nSPS) is 11.6. The number of aryl methyl sites for hydroxylation is 2. The Hall–Kier alpha value is -2.40. The fourth-order valence-electron chi connectivity index (χ4n) is 2.21. The van der Waals surface area contributed by atoms with Gasteiger partial charge in [0.25, 0.3) is 5.91 Å². The number of hydrogen-bond acceptors (Lipinski definition) is 4. The first-order chi connectivity index (χ1) is 12.0. The number of pyridine rings is 1. The largest absolute Gasteiger partial charge is 0.453 e. The van der Waals surface area contributed by atoms with Crippen molar-refractivity contribution in [2.75, 3.05) is 5.32 Å². The molecule has 1 amide bonds. The molecule has 1 aromatic heterocycles. The minimum atomic E-state index is -0.911. The van der Waals surface area contributed by atoms with Gasteiger partial charge >= 0.3 is 5.97 Å². The molecule has 0 fully saturated rings. The van der Waals surface area contributed by atoms with Crippen molar-refractivity contribution in [1.82, 2.24) is 4.98 Å². The number of carbonyl (C=O) groups excluding carboxylic acids is 2. The number of rotatable bonds is 7. The van der Waals surface area contributed by atoms with Crippen LogP contribution in [0.25, 0.3) is 0 Å². The molecule has 1 atom stereocenters. The van der Waals surface area contributed by atoms with Gasteiger partial charge in [-0.1, -0.05) is 42.8 Å². The molecule has 0 unspecified atom stereocenters. The van der Waals surface area contributed by atoms with Gasteiger partial charge in [0.05, 0.1) is 5.69 Å². The number of halogens is 1. The van der Waals surface area contributed by atoms with Crippen LogP contribution in [-0.4, -0.2) is 23.0 Å². The zero-order valence-electron chi connectivity index (χ0n) is 14.3. The maximum atomic E-state index is 12.1. The second-order valence-electron chi connectivity index (χ2n) is 5.63. The molecule has 5 nitrogen and oxygen atoms in total. The van der Waals surface area contributed by atoms with Gasteiger partial charge in [-0.05, 0) is 43.0 Å².